The lowest BCUT2D eigenvalue weighted by molar-refractivity contribution is -0.137. The van der Waals surface area contributed by atoms with E-state index in [4.69, 9.17) is 4.74 Å². The second-order valence-corrected chi connectivity index (χ2v) is 5.60. The molecule has 0 bridgehead atoms. The van der Waals surface area contributed by atoms with Crippen molar-refractivity contribution in [2.75, 3.05) is 7.11 Å². The van der Waals surface area contributed by atoms with E-state index in [0.29, 0.717) is 0 Å². The summed E-state index contributed by atoms with van der Waals surface area (Å²) >= 11 is 0. The summed E-state index contributed by atoms with van der Waals surface area (Å²) in [6, 6.07) is 10.2. The zero-order valence-electron chi connectivity index (χ0n) is 12.1. The maximum absolute atomic E-state index is 12.7. The molecule has 1 aliphatic carbocycles. The molecular weight excluding hydrogens is 250 g/mol. The summed E-state index contributed by atoms with van der Waals surface area (Å²) in [4.78, 5) is 14.6. The van der Waals surface area contributed by atoms with Crippen LogP contribution in [0.4, 0.5) is 0 Å². The molecule has 20 heavy (non-hydrogen) atoms. The molecule has 0 spiro atoms. The first-order valence-electron chi connectivity index (χ1n) is 7.36. The smallest absolute Gasteiger partial charge is 0.252 e. The first kappa shape index (κ1) is 13.4. The maximum Gasteiger partial charge on any atom is 0.252 e. The average molecular weight is 271 g/mol. The molecule has 0 saturated carbocycles. The largest absolute Gasteiger partial charge is 0.357 e. The van der Waals surface area contributed by atoms with E-state index in [-0.39, 0.29) is 18.2 Å². The molecule has 1 amide bonds. The van der Waals surface area contributed by atoms with Crippen LogP contribution in [0.15, 0.2) is 41.5 Å². The highest BCUT2D eigenvalue weighted by molar-refractivity contribution is 5.98. The number of methoxy groups -OCH3 is 1. The minimum Gasteiger partial charge on any atom is -0.357 e. The van der Waals surface area contributed by atoms with Crippen LogP contribution in [0.1, 0.15) is 44.2 Å². The second-order valence-electron chi connectivity index (χ2n) is 5.60. The maximum atomic E-state index is 12.7. The predicted molar refractivity (Wildman–Crippen MR) is 78.0 cm³/mol. The van der Waals surface area contributed by atoms with Crippen molar-refractivity contribution in [3.63, 3.8) is 0 Å². The summed E-state index contributed by atoms with van der Waals surface area (Å²) in [5.41, 5.74) is 3.38. The Hall–Kier alpha value is -1.61. The van der Waals surface area contributed by atoms with E-state index in [9.17, 15) is 4.79 Å². The molecule has 1 aromatic rings. The van der Waals surface area contributed by atoms with Gasteiger partial charge in [-0.3, -0.25) is 4.79 Å². The van der Waals surface area contributed by atoms with Crippen LogP contribution in [-0.4, -0.2) is 24.1 Å². The molecule has 1 heterocycles. The SMILES string of the molecule is COC1C2=C(CCCC2)C(=O)N1C(C)c1ccccc1. The monoisotopic (exact) mass is 271 g/mol. The standard InChI is InChI=1S/C17H21NO2/c1-12(13-8-4-3-5-9-13)18-16(19)14-10-6-7-11-15(14)17(18)20-2/h3-5,8-9,12,17H,6-7,10-11H2,1-2H3. The van der Waals surface area contributed by atoms with Crippen LogP contribution in [0, 0.1) is 0 Å². The van der Waals surface area contributed by atoms with Crippen LogP contribution >= 0.6 is 0 Å². The highest BCUT2D eigenvalue weighted by Gasteiger charge is 2.42. The molecule has 3 rings (SSSR count). The van der Waals surface area contributed by atoms with E-state index in [1.807, 2.05) is 23.1 Å². The van der Waals surface area contributed by atoms with Gasteiger partial charge >= 0.3 is 0 Å². The lowest BCUT2D eigenvalue weighted by Gasteiger charge is -2.31. The number of benzene rings is 1. The van der Waals surface area contributed by atoms with E-state index in [0.717, 1.165) is 30.4 Å². The van der Waals surface area contributed by atoms with Crippen molar-refractivity contribution in [1.82, 2.24) is 4.90 Å². The minimum absolute atomic E-state index is 0.0410. The Morgan fingerprint density at radius 2 is 1.90 bits per heavy atom. The highest BCUT2D eigenvalue weighted by Crippen LogP contribution is 2.40. The zero-order valence-corrected chi connectivity index (χ0v) is 12.1. The van der Waals surface area contributed by atoms with Crippen molar-refractivity contribution in [3.05, 3.63) is 47.0 Å². The van der Waals surface area contributed by atoms with E-state index in [1.54, 1.807) is 7.11 Å². The molecule has 2 aliphatic rings. The van der Waals surface area contributed by atoms with E-state index < -0.39 is 0 Å². The number of nitrogens with zero attached hydrogens (tertiary/aromatic N) is 1. The van der Waals surface area contributed by atoms with Gasteiger partial charge in [0, 0.05) is 12.7 Å². The molecule has 1 aromatic carbocycles. The summed E-state index contributed by atoms with van der Waals surface area (Å²) in [5.74, 6) is 0.169. The van der Waals surface area contributed by atoms with Gasteiger partial charge in [-0.25, -0.2) is 0 Å². The van der Waals surface area contributed by atoms with E-state index >= 15 is 0 Å². The summed E-state index contributed by atoms with van der Waals surface area (Å²) in [7, 11) is 1.70. The highest BCUT2D eigenvalue weighted by atomic mass is 16.5. The molecular formula is C17H21NO2. The van der Waals surface area contributed by atoms with Crippen LogP contribution in [0.2, 0.25) is 0 Å². The lowest BCUT2D eigenvalue weighted by atomic mass is 9.93. The molecule has 2 unspecified atom stereocenters. The third-order valence-electron chi connectivity index (χ3n) is 4.48. The molecule has 3 nitrogen and oxygen atoms in total. The van der Waals surface area contributed by atoms with Crippen LogP contribution < -0.4 is 0 Å². The Morgan fingerprint density at radius 1 is 1.20 bits per heavy atom. The Labute approximate surface area is 120 Å². The molecule has 0 N–H and O–H groups in total. The summed E-state index contributed by atoms with van der Waals surface area (Å²) in [6.07, 6.45) is 4.02. The molecule has 2 atom stereocenters. The van der Waals surface area contributed by atoms with Gasteiger partial charge in [-0.1, -0.05) is 30.3 Å². The van der Waals surface area contributed by atoms with Crippen molar-refractivity contribution in [2.24, 2.45) is 0 Å². The number of rotatable bonds is 3. The third kappa shape index (κ3) is 2.06. The van der Waals surface area contributed by atoms with Crippen LogP contribution in [0.5, 0.6) is 0 Å². The van der Waals surface area contributed by atoms with Crippen molar-refractivity contribution in [1.29, 1.82) is 0 Å². The molecule has 0 aromatic heterocycles. The Bertz CT molecular complexity index is 535. The molecule has 106 valence electrons. The van der Waals surface area contributed by atoms with E-state index in [1.165, 1.54) is 12.0 Å². The molecule has 0 fully saturated rings. The normalized spacial score (nSPS) is 24.0. The quantitative estimate of drug-likeness (QED) is 0.843. The third-order valence-corrected chi connectivity index (χ3v) is 4.48. The van der Waals surface area contributed by atoms with Crippen molar-refractivity contribution in [2.45, 2.75) is 44.9 Å². The van der Waals surface area contributed by atoms with Crippen LogP contribution in [-0.2, 0) is 9.53 Å². The molecule has 0 saturated heterocycles. The Kier molecular flexibility index (Phi) is 3.62. The average Bonchev–Trinajstić information content (AvgIpc) is 2.80. The van der Waals surface area contributed by atoms with Gasteiger partial charge in [0.1, 0.15) is 0 Å². The number of carbonyl (C=O) groups is 1. The fourth-order valence-electron chi connectivity index (χ4n) is 3.40. The summed E-state index contributed by atoms with van der Waals surface area (Å²) in [6.45, 7) is 2.08. The Balaban J connectivity index is 1.92. The number of hydrogen-bond acceptors (Lipinski definition) is 2. The summed E-state index contributed by atoms with van der Waals surface area (Å²) in [5, 5.41) is 0. The van der Waals surface area contributed by atoms with Gasteiger partial charge in [0.2, 0.25) is 0 Å². The van der Waals surface area contributed by atoms with Crippen molar-refractivity contribution >= 4 is 5.91 Å². The first-order valence-corrected chi connectivity index (χ1v) is 7.36. The van der Waals surface area contributed by atoms with E-state index in [2.05, 4.69) is 19.1 Å². The minimum atomic E-state index is -0.173. The molecule has 0 radical (unpaired) electrons. The van der Waals surface area contributed by atoms with Crippen molar-refractivity contribution in [3.8, 4) is 0 Å². The zero-order chi connectivity index (χ0) is 14.1. The van der Waals surface area contributed by atoms with Gasteiger partial charge in [0.05, 0.1) is 6.04 Å². The first-order chi connectivity index (χ1) is 9.74. The van der Waals surface area contributed by atoms with Gasteiger partial charge < -0.3 is 9.64 Å². The predicted octanol–water partition coefficient (Wildman–Crippen LogP) is 3.43. The Morgan fingerprint density at radius 3 is 2.60 bits per heavy atom. The number of amides is 1. The number of hydrogen-bond donors (Lipinski definition) is 0. The topological polar surface area (TPSA) is 29.5 Å². The van der Waals surface area contributed by atoms with Gasteiger partial charge in [0.25, 0.3) is 5.91 Å². The molecule has 1 aliphatic heterocycles. The van der Waals surface area contributed by atoms with Crippen LogP contribution in [0.25, 0.3) is 0 Å². The fraction of sp³-hybridized carbons (Fsp3) is 0.471. The summed E-state index contributed by atoms with van der Waals surface area (Å²) < 4.78 is 5.65. The van der Waals surface area contributed by atoms with Gasteiger partial charge in [-0.05, 0) is 43.7 Å². The van der Waals surface area contributed by atoms with Crippen LogP contribution in [0.3, 0.4) is 0 Å². The van der Waals surface area contributed by atoms with Gasteiger partial charge in [-0.15, -0.1) is 0 Å². The van der Waals surface area contributed by atoms with Crippen molar-refractivity contribution < 1.29 is 9.53 Å². The van der Waals surface area contributed by atoms with Gasteiger partial charge in [0.15, 0.2) is 6.23 Å². The number of carbonyl (C=O) groups excluding carboxylic acids is 1. The second kappa shape index (κ2) is 5.41. The van der Waals surface area contributed by atoms with Gasteiger partial charge in [-0.2, -0.15) is 0 Å². The fourth-order valence-corrected chi connectivity index (χ4v) is 3.40. The number of ether oxygens (including phenoxy) is 1. The molecule has 3 heteroatoms. The lowest BCUT2D eigenvalue weighted by Crippen LogP contribution is -2.38.